The van der Waals surface area contributed by atoms with Gasteiger partial charge in [0.25, 0.3) is 10.0 Å². The highest BCUT2D eigenvalue weighted by atomic mass is 32.2. The number of sulfonamides is 1. The summed E-state index contributed by atoms with van der Waals surface area (Å²) in [7, 11) is -3.57. The Hall–Kier alpha value is -0.960. The van der Waals surface area contributed by atoms with Gasteiger partial charge in [-0.05, 0) is 44.9 Å². The Bertz CT molecular complexity index is 663. The highest BCUT2D eigenvalue weighted by Gasteiger charge is 2.41. The zero-order chi connectivity index (χ0) is 16.4. The van der Waals surface area contributed by atoms with Crippen LogP contribution in [0.3, 0.4) is 0 Å². The summed E-state index contributed by atoms with van der Waals surface area (Å²) in [6.45, 7) is 5.36. The van der Waals surface area contributed by atoms with Crippen molar-refractivity contribution in [3.05, 3.63) is 17.0 Å². The van der Waals surface area contributed by atoms with Crippen LogP contribution in [0.2, 0.25) is 0 Å². The Kier molecular flexibility index (Phi) is 5.05. The first-order valence-electron chi connectivity index (χ1n) is 8.08. The highest BCUT2D eigenvalue weighted by Crippen LogP contribution is 2.30. The number of amides is 1. The van der Waals surface area contributed by atoms with Crippen LogP contribution < -0.4 is 5.32 Å². The number of carbonyl (C=O) groups is 1. The molecule has 2 saturated heterocycles. The van der Waals surface area contributed by atoms with Crippen molar-refractivity contribution in [3.8, 4) is 0 Å². The minimum Gasteiger partial charge on any atom is -0.340 e. The van der Waals surface area contributed by atoms with Gasteiger partial charge in [0.15, 0.2) is 0 Å². The monoisotopic (exact) mass is 357 g/mol. The molecule has 1 aromatic rings. The van der Waals surface area contributed by atoms with E-state index in [4.69, 9.17) is 0 Å². The summed E-state index contributed by atoms with van der Waals surface area (Å²) in [5.74, 6) is -0.0388. The summed E-state index contributed by atoms with van der Waals surface area (Å²) < 4.78 is 27.5. The molecular weight excluding hydrogens is 334 g/mol. The van der Waals surface area contributed by atoms with Gasteiger partial charge >= 0.3 is 0 Å². The Morgan fingerprint density at radius 1 is 1.22 bits per heavy atom. The average molecular weight is 358 g/mol. The van der Waals surface area contributed by atoms with Gasteiger partial charge in [0.2, 0.25) is 5.91 Å². The van der Waals surface area contributed by atoms with Crippen molar-refractivity contribution in [2.24, 2.45) is 0 Å². The van der Waals surface area contributed by atoms with E-state index in [0.717, 1.165) is 30.8 Å². The van der Waals surface area contributed by atoms with Crippen LogP contribution in [0.1, 0.15) is 24.1 Å². The minimum absolute atomic E-state index is 0.0388. The van der Waals surface area contributed by atoms with Gasteiger partial charge in [-0.3, -0.25) is 4.79 Å². The maximum Gasteiger partial charge on any atom is 0.253 e. The molecule has 0 spiro atoms. The van der Waals surface area contributed by atoms with Crippen LogP contribution in [0.4, 0.5) is 0 Å². The van der Waals surface area contributed by atoms with Crippen LogP contribution in [0.15, 0.2) is 16.3 Å². The van der Waals surface area contributed by atoms with Gasteiger partial charge < -0.3 is 10.2 Å². The zero-order valence-electron chi connectivity index (χ0n) is 13.3. The van der Waals surface area contributed by atoms with Gasteiger partial charge in [0, 0.05) is 31.1 Å². The molecule has 128 valence electrons. The predicted molar refractivity (Wildman–Crippen MR) is 90.0 cm³/mol. The largest absolute Gasteiger partial charge is 0.340 e. The van der Waals surface area contributed by atoms with Crippen molar-refractivity contribution in [3.63, 3.8) is 0 Å². The molecule has 8 heteroatoms. The summed E-state index contributed by atoms with van der Waals surface area (Å²) in [5, 5.41) is 3.27. The van der Waals surface area contributed by atoms with E-state index in [1.807, 2.05) is 17.9 Å². The Balaban J connectivity index is 1.80. The van der Waals surface area contributed by atoms with E-state index in [9.17, 15) is 13.2 Å². The van der Waals surface area contributed by atoms with Crippen molar-refractivity contribution < 1.29 is 13.2 Å². The van der Waals surface area contributed by atoms with Gasteiger partial charge in [-0.15, -0.1) is 11.3 Å². The molecule has 3 rings (SSSR count). The third-order valence-electron chi connectivity index (χ3n) is 4.42. The normalized spacial score (nSPS) is 23.9. The van der Waals surface area contributed by atoms with Crippen LogP contribution >= 0.6 is 11.3 Å². The van der Waals surface area contributed by atoms with Gasteiger partial charge in [0.1, 0.15) is 10.3 Å². The molecule has 3 heterocycles. The lowest BCUT2D eigenvalue weighted by molar-refractivity contribution is -0.134. The van der Waals surface area contributed by atoms with E-state index in [1.54, 1.807) is 6.07 Å². The van der Waals surface area contributed by atoms with Gasteiger partial charge in [-0.2, -0.15) is 4.31 Å². The number of rotatable bonds is 3. The predicted octanol–water partition coefficient (Wildman–Crippen LogP) is 1.03. The lowest BCUT2D eigenvalue weighted by Gasteiger charge is -2.28. The van der Waals surface area contributed by atoms with E-state index in [1.165, 1.54) is 15.6 Å². The van der Waals surface area contributed by atoms with Crippen molar-refractivity contribution in [1.29, 1.82) is 0 Å². The zero-order valence-corrected chi connectivity index (χ0v) is 15.0. The number of aryl methyl sites for hydroxylation is 1. The molecule has 6 nitrogen and oxygen atoms in total. The summed E-state index contributed by atoms with van der Waals surface area (Å²) in [6, 6.07) is 2.91. The highest BCUT2D eigenvalue weighted by molar-refractivity contribution is 7.91. The quantitative estimate of drug-likeness (QED) is 0.877. The summed E-state index contributed by atoms with van der Waals surface area (Å²) in [6.07, 6.45) is 2.27. The number of thiophene rings is 1. The molecule has 0 aliphatic carbocycles. The lowest BCUT2D eigenvalue weighted by Crippen LogP contribution is -2.48. The fourth-order valence-electron chi connectivity index (χ4n) is 3.22. The second kappa shape index (κ2) is 6.88. The van der Waals surface area contributed by atoms with Crippen LogP contribution in [-0.4, -0.2) is 62.3 Å². The number of nitrogens with one attached hydrogen (secondary N) is 1. The van der Waals surface area contributed by atoms with E-state index in [2.05, 4.69) is 5.32 Å². The third-order valence-corrected chi connectivity index (χ3v) is 7.80. The second-order valence-electron chi connectivity index (χ2n) is 6.07. The minimum atomic E-state index is -3.57. The summed E-state index contributed by atoms with van der Waals surface area (Å²) >= 11 is 1.27. The molecule has 0 aromatic carbocycles. The molecule has 1 N–H and O–H groups in total. The van der Waals surface area contributed by atoms with Gasteiger partial charge in [0.05, 0.1) is 0 Å². The van der Waals surface area contributed by atoms with Crippen LogP contribution in [0.5, 0.6) is 0 Å². The van der Waals surface area contributed by atoms with Crippen molar-refractivity contribution in [2.75, 3.05) is 32.7 Å². The molecule has 2 aliphatic rings. The van der Waals surface area contributed by atoms with Gasteiger partial charge in [-0.1, -0.05) is 0 Å². The van der Waals surface area contributed by atoms with Crippen molar-refractivity contribution in [2.45, 2.75) is 36.4 Å². The molecule has 1 atom stereocenters. The first-order chi connectivity index (χ1) is 11.0. The first kappa shape index (κ1) is 16.9. The fraction of sp³-hybridized carbons (Fsp3) is 0.667. The van der Waals surface area contributed by atoms with Crippen LogP contribution in [0, 0.1) is 6.92 Å². The molecule has 0 saturated carbocycles. The average Bonchev–Trinajstić information content (AvgIpc) is 3.10. The number of hydrogen-bond acceptors (Lipinski definition) is 5. The van der Waals surface area contributed by atoms with E-state index >= 15 is 0 Å². The number of hydrogen-bond donors (Lipinski definition) is 1. The molecule has 2 fully saturated rings. The molecule has 0 bridgehead atoms. The SMILES string of the molecule is Cc1ccc(S(=O)(=O)N2CCCC2C(=O)N2CCCNCC2)s1. The summed E-state index contributed by atoms with van der Waals surface area (Å²) in [5.41, 5.74) is 0. The van der Waals surface area contributed by atoms with Crippen molar-refractivity contribution in [1.82, 2.24) is 14.5 Å². The van der Waals surface area contributed by atoms with E-state index in [-0.39, 0.29) is 5.91 Å². The van der Waals surface area contributed by atoms with Crippen molar-refractivity contribution >= 4 is 27.3 Å². The second-order valence-corrected chi connectivity index (χ2v) is 9.47. The van der Waals surface area contributed by atoms with E-state index < -0.39 is 16.1 Å². The Morgan fingerprint density at radius 3 is 2.78 bits per heavy atom. The molecule has 23 heavy (non-hydrogen) atoms. The Labute approximate surface area is 141 Å². The molecule has 0 radical (unpaired) electrons. The fourth-order valence-corrected chi connectivity index (χ4v) is 6.28. The maximum absolute atomic E-state index is 12.9. The van der Waals surface area contributed by atoms with E-state index in [0.29, 0.717) is 30.3 Å². The standard InChI is InChI=1S/C15H23N3O3S2/c1-12-5-6-14(22-12)23(20,21)18-10-2-4-13(18)15(19)17-9-3-7-16-8-11-17/h5-6,13,16H,2-4,7-11H2,1H3. The summed E-state index contributed by atoms with van der Waals surface area (Å²) in [4.78, 5) is 15.6. The molecule has 1 aromatic heterocycles. The molecule has 2 aliphatic heterocycles. The van der Waals surface area contributed by atoms with Crippen LogP contribution in [-0.2, 0) is 14.8 Å². The van der Waals surface area contributed by atoms with Gasteiger partial charge in [-0.25, -0.2) is 8.42 Å². The Morgan fingerprint density at radius 2 is 2.04 bits per heavy atom. The lowest BCUT2D eigenvalue weighted by atomic mass is 10.2. The number of nitrogens with zero attached hydrogens (tertiary/aromatic N) is 2. The first-order valence-corrected chi connectivity index (χ1v) is 10.3. The molecule has 1 amide bonds. The molecular formula is C15H23N3O3S2. The number of carbonyl (C=O) groups excluding carboxylic acids is 1. The maximum atomic E-state index is 12.9. The van der Waals surface area contributed by atoms with Crippen LogP contribution in [0.25, 0.3) is 0 Å². The molecule has 1 unspecified atom stereocenters. The third kappa shape index (κ3) is 3.45. The topological polar surface area (TPSA) is 69.7 Å². The smallest absolute Gasteiger partial charge is 0.253 e.